The van der Waals surface area contributed by atoms with Gasteiger partial charge in [-0.05, 0) is 25.0 Å². The first-order chi connectivity index (χ1) is 7.84. The molecule has 0 bridgehead atoms. The van der Waals surface area contributed by atoms with Gasteiger partial charge in [0.15, 0.2) is 0 Å². The molecule has 5 nitrogen and oxygen atoms in total. The molecule has 1 aliphatic heterocycles. The molecule has 1 saturated heterocycles. The number of furan rings is 1. The SMILES string of the molecule is O=C(NCc1ccco1)NCC1CCCO1. The third-order valence-corrected chi connectivity index (χ3v) is 2.52. The fraction of sp³-hybridized carbons (Fsp3) is 0.545. The lowest BCUT2D eigenvalue weighted by Crippen LogP contribution is -2.39. The highest BCUT2D eigenvalue weighted by atomic mass is 16.5. The molecule has 1 aromatic heterocycles. The zero-order valence-corrected chi connectivity index (χ0v) is 9.07. The van der Waals surface area contributed by atoms with Crippen LogP contribution in [-0.2, 0) is 11.3 Å². The standard InChI is InChI=1S/C11H16N2O3/c14-11(12-7-9-3-1-5-15-9)13-8-10-4-2-6-16-10/h1,3,5,10H,2,4,6-8H2,(H2,12,13,14). The minimum Gasteiger partial charge on any atom is -0.467 e. The van der Waals surface area contributed by atoms with Gasteiger partial charge in [0.25, 0.3) is 0 Å². The van der Waals surface area contributed by atoms with E-state index in [2.05, 4.69) is 10.6 Å². The number of ether oxygens (including phenoxy) is 1. The van der Waals surface area contributed by atoms with Crippen LogP contribution in [0, 0.1) is 0 Å². The van der Waals surface area contributed by atoms with Crippen molar-refractivity contribution in [1.82, 2.24) is 10.6 Å². The Bertz CT molecular complexity index is 318. The molecule has 0 radical (unpaired) electrons. The maximum Gasteiger partial charge on any atom is 0.315 e. The quantitative estimate of drug-likeness (QED) is 0.809. The van der Waals surface area contributed by atoms with E-state index in [1.807, 2.05) is 6.07 Å². The summed E-state index contributed by atoms with van der Waals surface area (Å²) < 4.78 is 10.5. The largest absolute Gasteiger partial charge is 0.467 e. The molecule has 1 fully saturated rings. The summed E-state index contributed by atoms with van der Waals surface area (Å²) >= 11 is 0. The van der Waals surface area contributed by atoms with Crippen LogP contribution < -0.4 is 10.6 Å². The maximum atomic E-state index is 11.4. The minimum absolute atomic E-state index is 0.175. The fourth-order valence-corrected chi connectivity index (χ4v) is 1.65. The third-order valence-electron chi connectivity index (χ3n) is 2.52. The van der Waals surface area contributed by atoms with Gasteiger partial charge in [0, 0.05) is 13.2 Å². The van der Waals surface area contributed by atoms with E-state index < -0.39 is 0 Å². The van der Waals surface area contributed by atoms with Gasteiger partial charge in [-0.3, -0.25) is 0 Å². The van der Waals surface area contributed by atoms with Crippen LogP contribution in [0.2, 0.25) is 0 Å². The van der Waals surface area contributed by atoms with Crippen LogP contribution in [0.15, 0.2) is 22.8 Å². The van der Waals surface area contributed by atoms with E-state index in [-0.39, 0.29) is 12.1 Å². The summed E-state index contributed by atoms with van der Waals surface area (Å²) in [7, 11) is 0. The van der Waals surface area contributed by atoms with E-state index in [9.17, 15) is 4.79 Å². The summed E-state index contributed by atoms with van der Waals surface area (Å²) in [6.45, 7) is 1.79. The molecule has 0 aromatic carbocycles. The second-order valence-electron chi connectivity index (χ2n) is 3.78. The average molecular weight is 224 g/mol. The molecular formula is C11H16N2O3. The molecule has 1 unspecified atom stereocenters. The molecule has 0 saturated carbocycles. The van der Waals surface area contributed by atoms with Crippen molar-refractivity contribution in [2.75, 3.05) is 13.2 Å². The van der Waals surface area contributed by atoms with Crippen LogP contribution in [0.3, 0.4) is 0 Å². The Balaban J connectivity index is 1.60. The van der Waals surface area contributed by atoms with Crippen molar-refractivity contribution in [3.8, 4) is 0 Å². The highest BCUT2D eigenvalue weighted by Crippen LogP contribution is 2.10. The Morgan fingerprint density at radius 1 is 1.50 bits per heavy atom. The van der Waals surface area contributed by atoms with E-state index in [4.69, 9.17) is 9.15 Å². The fourth-order valence-electron chi connectivity index (χ4n) is 1.65. The second kappa shape index (κ2) is 5.55. The summed E-state index contributed by atoms with van der Waals surface area (Å²) in [6, 6.07) is 3.42. The summed E-state index contributed by atoms with van der Waals surface area (Å²) in [5.74, 6) is 0.743. The summed E-state index contributed by atoms with van der Waals surface area (Å²) in [5, 5.41) is 5.48. The van der Waals surface area contributed by atoms with Crippen LogP contribution in [0.4, 0.5) is 4.79 Å². The number of carbonyl (C=O) groups is 1. The predicted octanol–water partition coefficient (Wildman–Crippen LogP) is 1.26. The Kier molecular flexibility index (Phi) is 3.82. The molecule has 5 heteroatoms. The van der Waals surface area contributed by atoms with E-state index in [1.165, 1.54) is 0 Å². The van der Waals surface area contributed by atoms with Gasteiger partial charge in [-0.15, -0.1) is 0 Å². The number of amides is 2. The zero-order chi connectivity index (χ0) is 11.2. The molecule has 88 valence electrons. The second-order valence-corrected chi connectivity index (χ2v) is 3.78. The van der Waals surface area contributed by atoms with Gasteiger partial charge in [0.2, 0.25) is 0 Å². The van der Waals surface area contributed by atoms with Crippen molar-refractivity contribution in [2.24, 2.45) is 0 Å². The smallest absolute Gasteiger partial charge is 0.315 e. The van der Waals surface area contributed by atoms with Crippen LogP contribution in [-0.4, -0.2) is 25.3 Å². The number of carbonyl (C=O) groups excluding carboxylic acids is 1. The molecule has 2 heterocycles. The monoisotopic (exact) mass is 224 g/mol. The molecule has 1 aromatic rings. The van der Waals surface area contributed by atoms with Crippen molar-refractivity contribution < 1.29 is 13.9 Å². The first-order valence-electron chi connectivity index (χ1n) is 5.50. The van der Waals surface area contributed by atoms with Crippen LogP contribution in [0.25, 0.3) is 0 Å². The first-order valence-corrected chi connectivity index (χ1v) is 5.50. The predicted molar refractivity (Wildman–Crippen MR) is 57.9 cm³/mol. The lowest BCUT2D eigenvalue weighted by atomic mass is 10.2. The normalized spacial score (nSPS) is 19.6. The van der Waals surface area contributed by atoms with Crippen LogP contribution >= 0.6 is 0 Å². The Morgan fingerprint density at radius 2 is 2.44 bits per heavy atom. The van der Waals surface area contributed by atoms with Crippen molar-refractivity contribution in [3.05, 3.63) is 24.2 Å². The third kappa shape index (κ3) is 3.27. The summed E-state index contributed by atoms with van der Waals surface area (Å²) in [5.41, 5.74) is 0. The Morgan fingerprint density at radius 3 is 3.12 bits per heavy atom. The van der Waals surface area contributed by atoms with Gasteiger partial charge in [-0.25, -0.2) is 4.79 Å². The highest BCUT2D eigenvalue weighted by molar-refractivity contribution is 5.73. The topological polar surface area (TPSA) is 63.5 Å². The van der Waals surface area contributed by atoms with Gasteiger partial charge in [-0.2, -0.15) is 0 Å². The molecule has 2 N–H and O–H groups in total. The number of urea groups is 1. The van der Waals surface area contributed by atoms with Gasteiger partial charge in [-0.1, -0.05) is 0 Å². The summed E-state index contributed by atoms with van der Waals surface area (Å²) in [6.07, 6.45) is 3.87. The number of hydrogen-bond acceptors (Lipinski definition) is 3. The van der Waals surface area contributed by atoms with Crippen molar-refractivity contribution in [3.63, 3.8) is 0 Å². The molecule has 2 rings (SSSR count). The van der Waals surface area contributed by atoms with Gasteiger partial charge in [0.1, 0.15) is 5.76 Å². The van der Waals surface area contributed by atoms with Gasteiger partial charge in [0.05, 0.1) is 18.9 Å². The van der Waals surface area contributed by atoms with Gasteiger partial charge >= 0.3 is 6.03 Å². The van der Waals surface area contributed by atoms with E-state index >= 15 is 0 Å². The Hall–Kier alpha value is -1.49. The minimum atomic E-state index is -0.188. The molecular weight excluding hydrogens is 208 g/mol. The molecule has 0 spiro atoms. The Labute approximate surface area is 94.1 Å². The van der Waals surface area contributed by atoms with E-state index in [1.54, 1.807) is 12.3 Å². The lowest BCUT2D eigenvalue weighted by Gasteiger charge is -2.11. The van der Waals surface area contributed by atoms with E-state index in [0.29, 0.717) is 13.1 Å². The van der Waals surface area contributed by atoms with E-state index in [0.717, 1.165) is 25.2 Å². The first kappa shape index (κ1) is 11.0. The highest BCUT2D eigenvalue weighted by Gasteiger charge is 2.15. The van der Waals surface area contributed by atoms with Crippen molar-refractivity contribution >= 4 is 6.03 Å². The summed E-state index contributed by atoms with van der Waals surface area (Å²) in [4.78, 5) is 11.4. The molecule has 2 amide bonds. The van der Waals surface area contributed by atoms with Crippen molar-refractivity contribution in [1.29, 1.82) is 0 Å². The molecule has 1 aliphatic rings. The maximum absolute atomic E-state index is 11.4. The number of rotatable bonds is 4. The molecule has 16 heavy (non-hydrogen) atoms. The van der Waals surface area contributed by atoms with Crippen LogP contribution in [0.1, 0.15) is 18.6 Å². The lowest BCUT2D eigenvalue weighted by molar-refractivity contribution is 0.111. The zero-order valence-electron chi connectivity index (χ0n) is 9.07. The van der Waals surface area contributed by atoms with Gasteiger partial charge < -0.3 is 19.8 Å². The molecule has 0 aliphatic carbocycles. The van der Waals surface area contributed by atoms with Crippen LogP contribution in [0.5, 0.6) is 0 Å². The number of nitrogens with one attached hydrogen (secondary N) is 2. The molecule has 1 atom stereocenters. The average Bonchev–Trinajstić information content (AvgIpc) is 2.96. The number of hydrogen-bond donors (Lipinski definition) is 2. The van der Waals surface area contributed by atoms with Crippen molar-refractivity contribution in [2.45, 2.75) is 25.5 Å².